The van der Waals surface area contributed by atoms with Gasteiger partial charge in [0.2, 0.25) is 11.8 Å². The fraction of sp³-hybridized carbons (Fsp3) is 0.355. The fourth-order valence-electron chi connectivity index (χ4n) is 4.17. The first-order chi connectivity index (χ1) is 18.8. The molecular formula is C31H38ClN3O4S. The summed E-state index contributed by atoms with van der Waals surface area (Å²) in [4.78, 5) is 28.7. The molecule has 0 radical (unpaired) electrons. The standard InChI is InChI=1S/C31H38ClN3O4S/c1-7-24(5)33-31(37)25(6)34(19-26-12-14-27(32)15-13-26)30(36)20-35(29-18-22(3)8-11-23(29)4)40(38,39)28-16-9-21(2)10-17-28/h8-18,24-25H,7,19-20H2,1-6H3,(H,33,37)/t24-,25+/m1/s1. The van der Waals surface area contributed by atoms with Crippen LogP contribution >= 0.6 is 11.6 Å². The van der Waals surface area contributed by atoms with Gasteiger partial charge in [0.1, 0.15) is 12.6 Å². The van der Waals surface area contributed by atoms with Crippen molar-refractivity contribution in [3.63, 3.8) is 0 Å². The van der Waals surface area contributed by atoms with Gasteiger partial charge in [0.25, 0.3) is 10.0 Å². The number of amides is 2. The topological polar surface area (TPSA) is 86.8 Å². The summed E-state index contributed by atoms with van der Waals surface area (Å²) in [5.74, 6) is -0.810. The van der Waals surface area contributed by atoms with Crippen molar-refractivity contribution >= 4 is 39.1 Å². The molecule has 2 amide bonds. The number of anilines is 1. The predicted octanol–water partition coefficient (Wildman–Crippen LogP) is 5.79. The van der Waals surface area contributed by atoms with Crippen LogP contribution < -0.4 is 9.62 Å². The fourth-order valence-corrected chi connectivity index (χ4v) is 5.77. The van der Waals surface area contributed by atoms with E-state index in [0.29, 0.717) is 16.3 Å². The van der Waals surface area contributed by atoms with Crippen LogP contribution in [0.25, 0.3) is 0 Å². The van der Waals surface area contributed by atoms with Crippen molar-refractivity contribution < 1.29 is 18.0 Å². The molecule has 3 aromatic carbocycles. The number of nitrogens with one attached hydrogen (secondary N) is 1. The van der Waals surface area contributed by atoms with Crippen LogP contribution in [0.3, 0.4) is 0 Å². The Morgan fingerprint density at radius 1 is 0.900 bits per heavy atom. The number of aryl methyl sites for hydroxylation is 3. The molecule has 3 aromatic rings. The van der Waals surface area contributed by atoms with E-state index in [1.54, 1.807) is 61.5 Å². The maximum absolute atomic E-state index is 14.0. The molecule has 0 saturated heterocycles. The van der Waals surface area contributed by atoms with Crippen LogP contribution in [0.4, 0.5) is 5.69 Å². The van der Waals surface area contributed by atoms with E-state index in [-0.39, 0.29) is 23.4 Å². The molecule has 0 spiro atoms. The van der Waals surface area contributed by atoms with Crippen LogP contribution in [0.15, 0.2) is 71.6 Å². The Morgan fingerprint density at radius 2 is 1.50 bits per heavy atom. The van der Waals surface area contributed by atoms with Crippen molar-refractivity contribution in [1.29, 1.82) is 0 Å². The van der Waals surface area contributed by atoms with Crippen molar-refractivity contribution in [3.05, 3.63) is 94.0 Å². The summed E-state index contributed by atoms with van der Waals surface area (Å²) in [6, 6.07) is 18.1. The molecule has 0 aliphatic rings. The number of nitrogens with zero attached hydrogens (tertiary/aromatic N) is 2. The van der Waals surface area contributed by atoms with Crippen molar-refractivity contribution in [2.45, 2.75) is 71.5 Å². The number of sulfonamides is 1. The lowest BCUT2D eigenvalue weighted by Gasteiger charge is -2.33. The van der Waals surface area contributed by atoms with Gasteiger partial charge in [0.15, 0.2) is 0 Å². The van der Waals surface area contributed by atoms with Gasteiger partial charge in [-0.2, -0.15) is 0 Å². The zero-order valence-corrected chi connectivity index (χ0v) is 25.5. The zero-order valence-electron chi connectivity index (χ0n) is 23.9. The lowest BCUT2D eigenvalue weighted by atomic mass is 10.1. The van der Waals surface area contributed by atoms with Gasteiger partial charge < -0.3 is 10.2 Å². The minimum Gasteiger partial charge on any atom is -0.352 e. The van der Waals surface area contributed by atoms with E-state index < -0.39 is 28.5 Å². The van der Waals surface area contributed by atoms with Crippen molar-refractivity contribution in [3.8, 4) is 0 Å². The number of carbonyl (C=O) groups excluding carboxylic acids is 2. The van der Waals surface area contributed by atoms with Crippen molar-refractivity contribution in [1.82, 2.24) is 10.2 Å². The second kappa shape index (κ2) is 13.3. The molecule has 0 aromatic heterocycles. The second-order valence-electron chi connectivity index (χ2n) is 10.3. The predicted molar refractivity (Wildman–Crippen MR) is 161 cm³/mol. The largest absolute Gasteiger partial charge is 0.352 e. The SMILES string of the molecule is CC[C@@H](C)NC(=O)[C@H](C)N(Cc1ccc(Cl)cc1)C(=O)CN(c1cc(C)ccc1C)S(=O)(=O)c1ccc(C)cc1. The molecule has 0 fully saturated rings. The van der Waals surface area contributed by atoms with Gasteiger partial charge in [0, 0.05) is 17.6 Å². The summed E-state index contributed by atoms with van der Waals surface area (Å²) < 4.78 is 29.2. The molecular weight excluding hydrogens is 546 g/mol. The van der Waals surface area contributed by atoms with Crippen molar-refractivity contribution in [2.24, 2.45) is 0 Å². The summed E-state index contributed by atoms with van der Waals surface area (Å²) in [5, 5.41) is 3.49. The normalized spacial score (nSPS) is 12.9. The first-order valence-electron chi connectivity index (χ1n) is 13.3. The average Bonchev–Trinajstić information content (AvgIpc) is 2.92. The van der Waals surface area contributed by atoms with E-state index in [0.717, 1.165) is 27.4 Å². The van der Waals surface area contributed by atoms with Crippen LogP contribution in [0, 0.1) is 20.8 Å². The number of rotatable bonds is 11. The highest BCUT2D eigenvalue weighted by Gasteiger charge is 2.33. The lowest BCUT2D eigenvalue weighted by Crippen LogP contribution is -2.52. The number of hydrogen-bond donors (Lipinski definition) is 1. The summed E-state index contributed by atoms with van der Waals surface area (Å²) in [7, 11) is -4.12. The molecule has 1 N–H and O–H groups in total. The first kappa shape index (κ1) is 31.2. The number of halogens is 1. The smallest absolute Gasteiger partial charge is 0.264 e. The highest BCUT2D eigenvalue weighted by atomic mass is 35.5. The van der Waals surface area contributed by atoms with Crippen LogP contribution in [0.5, 0.6) is 0 Å². The Bertz CT molecular complexity index is 1440. The van der Waals surface area contributed by atoms with Gasteiger partial charge in [-0.1, -0.05) is 60.5 Å². The van der Waals surface area contributed by atoms with E-state index in [9.17, 15) is 18.0 Å². The summed E-state index contributed by atoms with van der Waals surface area (Å²) in [6.07, 6.45) is 0.735. The first-order valence-corrected chi connectivity index (χ1v) is 15.2. The summed E-state index contributed by atoms with van der Waals surface area (Å²) in [6.45, 7) is 10.7. The Kier molecular flexibility index (Phi) is 10.4. The molecule has 3 rings (SSSR count). The summed E-state index contributed by atoms with van der Waals surface area (Å²) in [5.41, 5.74) is 3.67. The van der Waals surface area contributed by atoms with E-state index in [1.807, 2.05) is 46.8 Å². The Labute approximate surface area is 243 Å². The van der Waals surface area contributed by atoms with Gasteiger partial charge in [-0.25, -0.2) is 8.42 Å². The molecule has 0 saturated carbocycles. The third kappa shape index (κ3) is 7.64. The van der Waals surface area contributed by atoms with Crippen LogP contribution in [-0.2, 0) is 26.2 Å². The molecule has 9 heteroatoms. The average molecular weight is 584 g/mol. The molecule has 0 unspecified atom stereocenters. The third-order valence-corrected chi connectivity index (χ3v) is 8.98. The van der Waals surface area contributed by atoms with Crippen molar-refractivity contribution in [2.75, 3.05) is 10.8 Å². The minimum atomic E-state index is -4.12. The molecule has 0 heterocycles. The highest BCUT2D eigenvalue weighted by Crippen LogP contribution is 2.29. The van der Waals surface area contributed by atoms with Crippen LogP contribution in [0.2, 0.25) is 5.02 Å². The minimum absolute atomic E-state index is 0.0733. The van der Waals surface area contributed by atoms with E-state index in [2.05, 4.69) is 5.32 Å². The summed E-state index contributed by atoms with van der Waals surface area (Å²) >= 11 is 6.06. The molecule has 214 valence electrons. The number of benzene rings is 3. The Morgan fingerprint density at radius 3 is 2.10 bits per heavy atom. The number of carbonyl (C=O) groups is 2. The molecule has 40 heavy (non-hydrogen) atoms. The van der Waals surface area contributed by atoms with Gasteiger partial charge in [-0.15, -0.1) is 0 Å². The van der Waals surface area contributed by atoms with Gasteiger partial charge in [-0.3, -0.25) is 13.9 Å². The maximum atomic E-state index is 14.0. The highest BCUT2D eigenvalue weighted by molar-refractivity contribution is 7.92. The van der Waals surface area contributed by atoms with Crippen LogP contribution in [0.1, 0.15) is 49.4 Å². The second-order valence-corrected chi connectivity index (χ2v) is 12.6. The monoisotopic (exact) mass is 583 g/mol. The van der Waals surface area contributed by atoms with E-state index in [1.165, 1.54) is 4.90 Å². The maximum Gasteiger partial charge on any atom is 0.264 e. The molecule has 0 aliphatic heterocycles. The Hall–Kier alpha value is -3.36. The molecule has 2 atom stereocenters. The van der Waals surface area contributed by atoms with Gasteiger partial charge in [0.05, 0.1) is 10.6 Å². The van der Waals surface area contributed by atoms with E-state index >= 15 is 0 Å². The quantitative estimate of drug-likeness (QED) is 0.309. The zero-order chi connectivity index (χ0) is 29.6. The molecule has 0 aliphatic carbocycles. The third-order valence-electron chi connectivity index (χ3n) is 6.96. The molecule has 0 bridgehead atoms. The lowest BCUT2D eigenvalue weighted by molar-refractivity contribution is -0.139. The Balaban J connectivity index is 2.06. The van der Waals surface area contributed by atoms with Gasteiger partial charge >= 0.3 is 0 Å². The molecule has 7 nitrogen and oxygen atoms in total. The van der Waals surface area contributed by atoms with Gasteiger partial charge in [-0.05, 0) is 88.1 Å². The number of hydrogen-bond acceptors (Lipinski definition) is 4. The van der Waals surface area contributed by atoms with Crippen LogP contribution in [-0.4, -0.2) is 43.8 Å². The van der Waals surface area contributed by atoms with E-state index in [4.69, 9.17) is 11.6 Å².